The molecule has 0 unspecified atom stereocenters. The molecule has 8 nitrogen and oxygen atoms in total. The molecule has 3 aromatic rings. The van der Waals surface area contributed by atoms with E-state index in [0.717, 1.165) is 23.0 Å². The Labute approximate surface area is 182 Å². The topological polar surface area (TPSA) is 85.2 Å². The highest BCUT2D eigenvalue weighted by Crippen LogP contribution is 2.23. The summed E-state index contributed by atoms with van der Waals surface area (Å²) < 4.78 is 7.87. The van der Waals surface area contributed by atoms with Crippen LogP contribution in [0.4, 0.5) is 11.6 Å². The first-order valence-electron chi connectivity index (χ1n) is 10.6. The fraction of sp³-hybridized carbons (Fsp3) is 0.391. The number of carbonyl (C=O) groups is 1. The molecule has 3 aromatic heterocycles. The normalized spacial score (nSPS) is 16.5. The van der Waals surface area contributed by atoms with E-state index in [1.165, 1.54) is 0 Å². The van der Waals surface area contributed by atoms with E-state index in [2.05, 4.69) is 29.1 Å². The number of nitrogens with zero attached hydrogens (tertiary/aromatic N) is 5. The lowest BCUT2D eigenvalue weighted by Crippen LogP contribution is -2.44. The second-order valence-corrected chi connectivity index (χ2v) is 8.00. The van der Waals surface area contributed by atoms with Crippen LogP contribution in [0.15, 0.2) is 48.8 Å². The molecule has 1 N–H and O–H groups in total. The maximum absolute atomic E-state index is 12.9. The van der Waals surface area contributed by atoms with Crippen LogP contribution in [-0.2, 0) is 16.1 Å². The molecule has 1 aliphatic rings. The van der Waals surface area contributed by atoms with Gasteiger partial charge in [-0.1, -0.05) is 26.0 Å². The van der Waals surface area contributed by atoms with Crippen molar-refractivity contribution in [3.05, 3.63) is 66.0 Å². The van der Waals surface area contributed by atoms with Gasteiger partial charge >= 0.3 is 0 Å². The highest BCUT2D eigenvalue weighted by molar-refractivity contribution is 5.76. The Morgan fingerprint density at radius 2 is 1.97 bits per heavy atom. The summed E-state index contributed by atoms with van der Waals surface area (Å²) in [6, 6.07) is 11.6. The third kappa shape index (κ3) is 5.08. The molecule has 4 heterocycles. The Morgan fingerprint density at radius 1 is 1.19 bits per heavy atom. The second kappa shape index (κ2) is 9.26. The fourth-order valence-electron chi connectivity index (χ4n) is 3.70. The Hall–Kier alpha value is -3.26. The van der Waals surface area contributed by atoms with E-state index in [4.69, 9.17) is 9.72 Å². The largest absolute Gasteiger partial charge is 0.368 e. The number of pyridine rings is 2. The van der Waals surface area contributed by atoms with Gasteiger partial charge in [0.05, 0.1) is 18.8 Å². The predicted octanol–water partition coefficient (Wildman–Crippen LogP) is 3.45. The number of amides is 1. The van der Waals surface area contributed by atoms with Gasteiger partial charge in [0.25, 0.3) is 0 Å². The van der Waals surface area contributed by atoms with Crippen LogP contribution in [0.1, 0.15) is 43.1 Å². The monoisotopic (exact) mass is 420 g/mol. The van der Waals surface area contributed by atoms with Gasteiger partial charge in [0.15, 0.2) is 0 Å². The molecular formula is C23H28N6O2. The minimum absolute atomic E-state index is 0.0615. The number of ether oxygens (including phenoxy) is 1. The predicted molar refractivity (Wildman–Crippen MR) is 118 cm³/mol. The number of carbonyl (C=O) groups excluding carboxylic acids is 1. The van der Waals surface area contributed by atoms with Gasteiger partial charge in [-0.15, -0.1) is 0 Å². The van der Waals surface area contributed by atoms with E-state index in [9.17, 15) is 4.79 Å². The van der Waals surface area contributed by atoms with E-state index < -0.39 is 0 Å². The van der Waals surface area contributed by atoms with Crippen molar-refractivity contribution in [3.8, 4) is 0 Å². The lowest BCUT2D eigenvalue weighted by atomic mass is 10.1. The Morgan fingerprint density at radius 3 is 2.74 bits per heavy atom. The van der Waals surface area contributed by atoms with Crippen molar-refractivity contribution in [2.45, 2.75) is 39.3 Å². The summed E-state index contributed by atoms with van der Waals surface area (Å²) in [4.78, 5) is 28.3. The second-order valence-electron chi connectivity index (χ2n) is 8.00. The van der Waals surface area contributed by atoms with Crippen LogP contribution < -0.4 is 5.32 Å². The van der Waals surface area contributed by atoms with Crippen molar-refractivity contribution in [3.63, 3.8) is 0 Å². The highest BCUT2D eigenvalue weighted by atomic mass is 16.5. The smallest absolute Gasteiger partial charge is 0.242 e. The van der Waals surface area contributed by atoms with E-state index >= 15 is 0 Å². The van der Waals surface area contributed by atoms with Crippen molar-refractivity contribution in [1.29, 1.82) is 0 Å². The molecular weight excluding hydrogens is 392 g/mol. The summed E-state index contributed by atoms with van der Waals surface area (Å²) in [6.45, 7) is 7.92. The summed E-state index contributed by atoms with van der Waals surface area (Å²) in [5.74, 6) is 2.69. The molecule has 1 atom stereocenters. The molecule has 31 heavy (non-hydrogen) atoms. The third-order valence-corrected chi connectivity index (χ3v) is 5.23. The summed E-state index contributed by atoms with van der Waals surface area (Å²) in [6.07, 6.45) is 3.34. The van der Waals surface area contributed by atoms with Gasteiger partial charge < -0.3 is 19.5 Å². The van der Waals surface area contributed by atoms with Crippen molar-refractivity contribution in [1.82, 2.24) is 24.4 Å². The first-order valence-corrected chi connectivity index (χ1v) is 10.6. The van der Waals surface area contributed by atoms with Gasteiger partial charge in [0, 0.05) is 30.6 Å². The Balaban J connectivity index is 1.43. The van der Waals surface area contributed by atoms with E-state index in [-0.39, 0.29) is 24.5 Å². The maximum Gasteiger partial charge on any atom is 0.242 e. The third-order valence-electron chi connectivity index (χ3n) is 5.23. The zero-order valence-corrected chi connectivity index (χ0v) is 18.2. The van der Waals surface area contributed by atoms with Crippen LogP contribution in [-0.4, -0.2) is 50.0 Å². The van der Waals surface area contributed by atoms with Crippen LogP contribution in [0.25, 0.3) is 0 Å². The standard InChI is InChI=1S/C23H28N6O2/c1-16(2)23-24-10-11-29(23)15-22(30)28-12-13-31-19(14-28)18-7-5-9-21(26-18)27-20-8-4-6-17(3)25-20/h4-11,16,19H,12-15H2,1-3H3,(H,25,26,27)/t19-/m1/s1. The van der Waals surface area contributed by atoms with Gasteiger partial charge in [-0.3, -0.25) is 4.79 Å². The maximum atomic E-state index is 12.9. The van der Waals surface area contributed by atoms with E-state index in [1.807, 2.05) is 59.0 Å². The van der Waals surface area contributed by atoms with Crippen molar-refractivity contribution in [2.24, 2.45) is 0 Å². The number of anilines is 2. The molecule has 0 radical (unpaired) electrons. The van der Waals surface area contributed by atoms with E-state index in [1.54, 1.807) is 6.20 Å². The summed E-state index contributed by atoms with van der Waals surface area (Å²) in [5, 5.41) is 3.24. The Bertz CT molecular complexity index is 1050. The molecule has 0 bridgehead atoms. The van der Waals surface area contributed by atoms with E-state index in [0.29, 0.717) is 25.5 Å². The number of aromatic nitrogens is 4. The zero-order chi connectivity index (χ0) is 21.8. The zero-order valence-electron chi connectivity index (χ0n) is 18.2. The molecule has 0 spiro atoms. The van der Waals surface area contributed by atoms with Gasteiger partial charge in [-0.05, 0) is 31.2 Å². The number of imidazole rings is 1. The number of nitrogens with one attached hydrogen (secondary N) is 1. The number of hydrogen-bond donors (Lipinski definition) is 1. The molecule has 1 saturated heterocycles. The van der Waals surface area contributed by atoms with Gasteiger partial charge in [0.1, 0.15) is 30.1 Å². The van der Waals surface area contributed by atoms with Crippen LogP contribution in [0.5, 0.6) is 0 Å². The molecule has 8 heteroatoms. The first-order chi connectivity index (χ1) is 15.0. The van der Waals surface area contributed by atoms with Crippen molar-refractivity contribution < 1.29 is 9.53 Å². The van der Waals surface area contributed by atoms with Gasteiger partial charge in [0.2, 0.25) is 5.91 Å². The molecule has 1 fully saturated rings. The summed E-state index contributed by atoms with van der Waals surface area (Å²) in [5.41, 5.74) is 1.73. The van der Waals surface area contributed by atoms with Gasteiger partial charge in [-0.25, -0.2) is 15.0 Å². The van der Waals surface area contributed by atoms with Crippen LogP contribution in [0.2, 0.25) is 0 Å². The quantitative estimate of drug-likeness (QED) is 0.657. The number of hydrogen-bond acceptors (Lipinski definition) is 6. The molecule has 0 aliphatic carbocycles. The van der Waals surface area contributed by atoms with Crippen molar-refractivity contribution >= 4 is 17.5 Å². The molecule has 162 valence electrons. The number of rotatable bonds is 6. The summed E-state index contributed by atoms with van der Waals surface area (Å²) in [7, 11) is 0. The lowest BCUT2D eigenvalue weighted by Gasteiger charge is -2.33. The molecule has 4 rings (SSSR count). The molecule has 1 aliphatic heterocycles. The number of aryl methyl sites for hydroxylation is 1. The van der Waals surface area contributed by atoms with Crippen molar-refractivity contribution in [2.75, 3.05) is 25.0 Å². The van der Waals surface area contributed by atoms with Gasteiger partial charge in [-0.2, -0.15) is 0 Å². The SMILES string of the molecule is Cc1cccc(Nc2cccc([C@H]3CN(C(=O)Cn4ccnc4C(C)C)CCO3)n2)n1. The Kier molecular flexibility index (Phi) is 6.27. The highest BCUT2D eigenvalue weighted by Gasteiger charge is 2.27. The first kappa shape index (κ1) is 21.0. The van der Waals surface area contributed by atoms with Crippen LogP contribution >= 0.6 is 0 Å². The van der Waals surface area contributed by atoms with Crippen LogP contribution in [0, 0.1) is 6.92 Å². The minimum atomic E-state index is -0.266. The minimum Gasteiger partial charge on any atom is -0.368 e. The molecule has 0 aromatic carbocycles. The molecule has 1 amide bonds. The average Bonchev–Trinajstić information content (AvgIpc) is 3.22. The fourth-order valence-corrected chi connectivity index (χ4v) is 3.70. The van der Waals surface area contributed by atoms with Crippen LogP contribution in [0.3, 0.4) is 0 Å². The average molecular weight is 421 g/mol. The summed E-state index contributed by atoms with van der Waals surface area (Å²) >= 11 is 0. The lowest BCUT2D eigenvalue weighted by molar-refractivity contribution is -0.139. The molecule has 0 saturated carbocycles. The number of morpholine rings is 1.